The van der Waals surface area contributed by atoms with E-state index in [1.807, 2.05) is 23.0 Å². The fourth-order valence-electron chi connectivity index (χ4n) is 3.00. The number of nitrogens with one attached hydrogen (secondary N) is 1. The molecule has 1 aliphatic carbocycles. The Labute approximate surface area is 139 Å². The van der Waals surface area contributed by atoms with Gasteiger partial charge in [0.1, 0.15) is 0 Å². The third-order valence-electron chi connectivity index (χ3n) is 4.28. The minimum atomic E-state index is -0.950. The SMILES string of the molecule is O=C(O)NCCC[C@H]1C[C@H](n2cc(-c3ncccc3Cl)cn2)C1. The van der Waals surface area contributed by atoms with Crippen molar-refractivity contribution in [3.63, 3.8) is 0 Å². The summed E-state index contributed by atoms with van der Waals surface area (Å²) in [6, 6.07) is 4.06. The van der Waals surface area contributed by atoms with Crippen LogP contribution in [0.5, 0.6) is 0 Å². The van der Waals surface area contributed by atoms with Crippen molar-refractivity contribution in [1.29, 1.82) is 0 Å². The highest BCUT2D eigenvalue weighted by Crippen LogP contribution is 2.40. The zero-order valence-corrected chi connectivity index (χ0v) is 13.4. The van der Waals surface area contributed by atoms with Gasteiger partial charge in [-0.15, -0.1) is 0 Å². The summed E-state index contributed by atoms with van der Waals surface area (Å²) in [6.45, 7) is 0.528. The first-order chi connectivity index (χ1) is 11.1. The van der Waals surface area contributed by atoms with Crippen molar-refractivity contribution in [3.05, 3.63) is 35.7 Å². The average molecular weight is 335 g/mol. The van der Waals surface area contributed by atoms with Gasteiger partial charge in [0.05, 0.1) is 23.0 Å². The number of hydrogen-bond donors (Lipinski definition) is 2. The van der Waals surface area contributed by atoms with Gasteiger partial charge in [0.15, 0.2) is 0 Å². The highest BCUT2D eigenvalue weighted by molar-refractivity contribution is 6.32. The average Bonchev–Trinajstić information content (AvgIpc) is 2.94. The van der Waals surface area contributed by atoms with Crippen LogP contribution in [0, 0.1) is 5.92 Å². The number of nitrogens with zero attached hydrogens (tertiary/aromatic N) is 3. The molecule has 0 spiro atoms. The minimum Gasteiger partial charge on any atom is -0.465 e. The Hall–Kier alpha value is -2.08. The van der Waals surface area contributed by atoms with E-state index in [4.69, 9.17) is 16.7 Å². The lowest BCUT2D eigenvalue weighted by Gasteiger charge is -2.35. The van der Waals surface area contributed by atoms with Crippen LogP contribution < -0.4 is 5.32 Å². The summed E-state index contributed by atoms with van der Waals surface area (Å²) in [7, 11) is 0. The Bertz CT molecular complexity index is 682. The molecular weight excluding hydrogens is 316 g/mol. The van der Waals surface area contributed by atoms with Crippen molar-refractivity contribution in [2.45, 2.75) is 31.7 Å². The van der Waals surface area contributed by atoms with Crippen molar-refractivity contribution in [3.8, 4) is 11.3 Å². The van der Waals surface area contributed by atoms with Crippen LogP contribution >= 0.6 is 11.6 Å². The van der Waals surface area contributed by atoms with Crippen LogP contribution in [0.1, 0.15) is 31.7 Å². The van der Waals surface area contributed by atoms with E-state index in [9.17, 15) is 4.79 Å². The second kappa shape index (κ2) is 7.00. The van der Waals surface area contributed by atoms with Gasteiger partial charge >= 0.3 is 6.09 Å². The van der Waals surface area contributed by atoms with E-state index < -0.39 is 6.09 Å². The molecule has 7 heteroatoms. The number of aromatic nitrogens is 3. The topological polar surface area (TPSA) is 80.0 Å². The van der Waals surface area contributed by atoms with E-state index in [1.54, 1.807) is 12.4 Å². The third-order valence-corrected chi connectivity index (χ3v) is 4.59. The Balaban J connectivity index is 1.49. The summed E-state index contributed by atoms with van der Waals surface area (Å²) in [6.07, 6.45) is 8.69. The summed E-state index contributed by atoms with van der Waals surface area (Å²) in [5.41, 5.74) is 1.70. The lowest BCUT2D eigenvalue weighted by atomic mass is 9.77. The summed E-state index contributed by atoms with van der Waals surface area (Å²) in [4.78, 5) is 14.7. The molecule has 2 N–H and O–H groups in total. The molecule has 0 bridgehead atoms. The van der Waals surface area contributed by atoms with Gasteiger partial charge in [0.25, 0.3) is 0 Å². The van der Waals surface area contributed by atoms with Gasteiger partial charge in [-0.05, 0) is 43.7 Å². The fourth-order valence-corrected chi connectivity index (χ4v) is 3.23. The molecule has 3 rings (SSSR count). The molecule has 2 aromatic rings. The Kier molecular flexibility index (Phi) is 4.81. The number of pyridine rings is 1. The number of halogens is 1. The zero-order valence-electron chi connectivity index (χ0n) is 12.7. The van der Waals surface area contributed by atoms with Crippen molar-refractivity contribution in [2.24, 2.45) is 5.92 Å². The molecule has 2 heterocycles. The first kappa shape index (κ1) is 15.8. The maximum Gasteiger partial charge on any atom is 0.404 e. The lowest BCUT2D eigenvalue weighted by molar-refractivity contribution is 0.168. The molecule has 122 valence electrons. The van der Waals surface area contributed by atoms with Crippen molar-refractivity contribution in [1.82, 2.24) is 20.1 Å². The molecule has 0 atom stereocenters. The van der Waals surface area contributed by atoms with E-state index >= 15 is 0 Å². The van der Waals surface area contributed by atoms with E-state index in [1.165, 1.54) is 0 Å². The highest BCUT2D eigenvalue weighted by Gasteiger charge is 2.30. The van der Waals surface area contributed by atoms with E-state index in [-0.39, 0.29) is 0 Å². The van der Waals surface area contributed by atoms with Crippen LogP contribution in [0.2, 0.25) is 5.02 Å². The molecule has 0 radical (unpaired) electrons. The largest absolute Gasteiger partial charge is 0.465 e. The van der Waals surface area contributed by atoms with Gasteiger partial charge in [-0.25, -0.2) is 4.79 Å². The monoisotopic (exact) mass is 334 g/mol. The standard InChI is InChI=1S/C16H19ClN4O2/c17-14-4-2-5-18-15(14)12-9-20-21(10-12)13-7-11(8-13)3-1-6-19-16(22)23/h2,4-5,9-11,13,19H,1,3,6-8H2,(H,22,23)/t11-,13-. The van der Waals surface area contributed by atoms with Crippen LogP contribution in [-0.2, 0) is 0 Å². The number of carboxylic acid groups (broad SMARTS) is 1. The molecule has 6 nitrogen and oxygen atoms in total. The fraction of sp³-hybridized carbons (Fsp3) is 0.438. The molecule has 2 aromatic heterocycles. The molecule has 23 heavy (non-hydrogen) atoms. The number of hydrogen-bond acceptors (Lipinski definition) is 3. The van der Waals surface area contributed by atoms with Crippen molar-refractivity contribution >= 4 is 17.7 Å². The second-order valence-corrected chi connectivity index (χ2v) is 6.32. The molecular formula is C16H19ClN4O2. The van der Waals surface area contributed by atoms with Gasteiger partial charge in [-0.3, -0.25) is 9.67 Å². The van der Waals surface area contributed by atoms with Crippen LogP contribution in [0.4, 0.5) is 4.79 Å². The summed E-state index contributed by atoms with van der Waals surface area (Å²) >= 11 is 6.16. The zero-order chi connectivity index (χ0) is 16.2. The summed E-state index contributed by atoms with van der Waals surface area (Å²) < 4.78 is 1.99. The van der Waals surface area contributed by atoms with Gasteiger partial charge in [-0.1, -0.05) is 11.6 Å². The Morgan fingerprint density at radius 3 is 3.04 bits per heavy atom. The van der Waals surface area contributed by atoms with E-state index in [0.29, 0.717) is 23.5 Å². The maximum atomic E-state index is 10.4. The molecule has 1 saturated carbocycles. The van der Waals surface area contributed by atoms with Crippen LogP contribution in [0.3, 0.4) is 0 Å². The molecule has 0 aliphatic heterocycles. The first-order valence-electron chi connectivity index (χ1n) is 7.75. The van der Waals surface area contributed by atoms with Crippen LogP contribution in [0.25, 0.3) is 11.3 Å². The molecule has 1 fully saturated rings. The normalized spacial score (nSPS) is 20.0. The predicted molar refractivity (Wildman–Crippen MR) is 87.5 cm³/mol. The van der Waals surface area contributed by atoms with Crippen LogP contribution in [-0.4, -0.2) is 32.5 Å². The number of carbonyl (C=O) groups is 1. The minimum absolute atomic E-state index is 0.420. The van der Waals surface area contributed by atoms with Gasteiger partial charge in [-0.2, -0.15) is 5.10 Å². The van der Waals surface area contributed by atoms with Gasteiger partial charge in [0.2, 0.25) is 0 Å². The Morgan fingerprint density at radius 1 is 1.48 bits per heavy atom. The molecule has 0 saturated heterocycles. The van der Waals surface area contributed by atoms with E-state index in [2.05, 4.69) is 15.4 Å². The van der Waals surface area contributed by atoms with Crippen LogP contribution in [0.15, 0.2) is 30.7 Å². The Morgan fingerprint density at radius 2 is 2.30 bits per heavy atom. The van der Waals surface area contributed by atoms with Gasteiger partial charge in [0, 0.05) is 24.5 Å². The first-order valence-corrected chi connectivity index (χ1v) is 8.13. The second-order valence-electron chi connectivity index (χ2n) is 5.91. The van der Waals surface area contributed by atoms with Crippen molar-refractivity contribution in [2.75, 3.05) is 6.54 Å². The summed E-state index contributed by atoms with van der Waals surface area (Å²) in [5, 5.41) is 16.0. The van der Waals surface area contributed by atoms with E-state index in [0.717, 1.165) is 36.9 Å². The quantitative estimate of drug-likeness (QED) is 0.791. The highest BCUT2D eigenvalue weighted by atomic mass is 35.5. The number of rotatable bonds is 6. The maximum absolute atomic E-state index is 10.4. The summed E-state index contributed by atoms with van der Waals surface area (Å²) in [5.74, 6) is 0.654. The predicted octanol–water partition coefficient (Wildman–Crippen LogP) is 3.60. The molecule has 0 unspecified atom stereocenters. The smallest absolute Gasteiger partial charge is 0.404 e. The molecule has 1 aliphatic rings. The number of amides is 1. The van der Waals surface area contributed by atoms with Crippen molar-refractivity contribution < 1.29 is 9.90 Å². The lowest BCUT2D eigenvalue weighted by Crippen LogP contribution is -2.28. The van der Waals surface area contributed by atoms with Gasteiger partial charge < -0.3 is 10.4 Å². The molecule has 1 amide bonds. The molecule has 0 aromatic carbocycles. The third kappa shape index (κ3) is 3.82.